The summed E-state index contributed by atoms with van der Waals surface area (Å²) in [6.07, 6.45) is 0.539. The maximum atomic E-state index is 8.91. The Bertz CT molecular complexity index is 321. The van der Waals surface area contributed by atoms with Gasteiger partial charge in [-0.3, -0.25) is 0 Å². The van der Waals surface area contributed by atoms with Crippen molar-refractivity contribution in [2.24, 2.45) is 5.73 Å². The van der Waals surface area contributed by atoms with Crippen LogP contribution < -0.4 is 11.5 Å². The van der Waals surface area contributed by atoms with E-state index < -0.39 is 5.54 Å². The maximum Gasteiger partial charge on any atom is 0.0451 e. The van der Waals surface area contributed by atoms with Gasteiger partial charge in [0, 0.05) is 17.8 Å². The average molecular weight is 194 g/mol. The molecule has 0 saturated carbocycles. The molecule has 0 bridgehead atoms. The second-order valence-corrected chi connectivity index (χ2v) is 3.91. The number of aliphatic hydroxyl groups is 1. The molecule has 0 spiro atoms. The normalized spacial score (nSPS) is 15.1. The van der Waals surface area contributed by atoms with Crippen molar-refractivity contribution in [1.29, 1.82) is 0 Å². The minimum absolute atomic E-state index is 0.0846. The van der Waals surface area contributed by atoms with Gasteiger partial charge < -0.3 is 16.6 Å². The van der Waals surface area contributed by atoms with Crippen molar-refractivity contribution in [3.8, 4) is 0 Å². The zero-order valence-electron chi connectivity index (χ0n) is 8.75. The van der Waals surface area contributed by atoms with E-state index in [1.807, 2.05) is 32.0 Å². The monoisotopic (exact) mass is 194 g/mol. The van der Waals surface area contributed by atoms with Gasteiger partial charge in [-0.1, -0.05) is 12.1 Å². The highest BCUT2D eigenvalue weighted by molar-refractivity contribution is 5.51. The molecule has 3 heteroatoms. The van der Waals surface area contributed by atoms with E-state index in [0.29, 0.717) is 6.42 Å². The summed E-state index contributed by atoms with van der Waals surface area (Å²) in [6, 6.07) is 5.70. The lowest BCUT2D eigenvalue weighted by molar-refractivity contribution is 0.247. The van der Waals surface area contributed by atoms with Crippen LogP contribution in [0.4, 0.5) is 5.69 Å². The second-order valence-electron chi connectivity index (χ2n) is 3.91. The van der Waals surface area contributed by atoms with E-state index in [-0.39, 0.29) is 6.61 Å². The van der Waals surface area contributed by atoms with Gasteiger partial charge in [0.2, 0.25) is 0 Å². The summed E-state index contributed by atoms with van der Waals surface area (Å²) in [5.74, 6) is 0. The van der Waals surface area contributed by atoms with E-state index in [1.54, 1.807) is 0 Å². The predicted molar refractivity (Wildman–Crippen MR) is 58.8 cm³/mol. The van der Waals surface area contributed by atoms with E-state index in [9.17, 15) is 0 Å². The summed E-state index contributed by atoms with van der Waals surface area (Å²) in [4.78, 5) is 0. The molecular weight excluding hydrogens is 176 g/mol. The molecule has 0 aliphatic heterocycles. The van der Waals surface area contributed by atoms with Gasteiger partial charge in [0.15, 0.2) is 0 Å². The molecule has 0 radical (unpaired) electrons. The number of rotatable bonds is 3. The van der Waals surface area contributed by atoms with E-state index >= 15 is 0 Å². The molecule has 1 rings (SSSR count). The third kappa shape index (κ3) is 2.05. The molecule has 0 aliphatic rings. The Morgan fingerprint density at radius 1 is 1.43 bits per heavy atom. The standard InChI is InChI=1S/C11H18N2O/c1-8-9(4-3-5-10(8)12)11(2,13)6-7-14/h3-5,14H,6-7,12-13H2,1-2H3/t11-/m0/s1. The molecular formula is C11H18N2O. The molecule has 0 aromatic heterocycles. The van der Waals surface area contributed by atoms with Crippen LogP contribution in [0.25, 0.3) is 0 Å². The average Bonchev–Trinajstić information content (AvgIpc) is 2.09. The largest absolute Gasteiger partial charge is 0.399 e. The number of hydrogen-bond acceptors (Lipinski definition) is 3. The number of aliphatic hydroxyl groups excluding tert-OH is 1. The van der Waals surface area contributed by atoms with Crippen molar-refractivity contribution in [3.05, 3.63) is 29.3 Å². The number of nitrogen functional groups attached to an aromatic ring is 1. The van der Waals surface area contributed by atoms with E-state index in [1.165, 1.54) is 0 Å². The molecule has 14 heavy (non-hydrogen) atoms. The van der Waals surface area contributed by atoms with Crippen LogP contribution in [-0.2, 0) is 5.54 Å². The molecule has 0 aliphatic carbocycles. The Balaban J connectivity index is 3.12. The first-order chi connectivity index (χ1) is 6.49. The molecule has 0 fully saturated rings. The molecule has 1 atom stereocenters. The Hall–Kier alpha value is -1.06. The highest BCUT2D eigenvalue weighted by Gasteiger charge is 2.22. The quantitative estimate of drug-likeness (QED) is 0.632. The van der Waals surface area contributed by atoms with Crippen LogP contribution >= 0.6 is 0 Å². The van der Waals surface area contributed by atoms with Crippen LogP contribution in [0.3, 0.4) is 0 Å². The molecule has 78 valence electrons. The summed E-state index contributed by atoms with van der Waals surface area (Å²) in [5, 5.41) is 8.91. The Kier molecular flexibility index (Phi) is 3.13. The highest BCUT2D eigenvalue weighted by Crippen LogP contribution is 2.27. The SMILES string of the molecule is Cc1c(N)cccc1[C@@](C)(N)CCO. The highest BCUT2D eigenvalue weighted by atomic mass is 16.3. The van der Waals surface area contributed by atoms with Gasteiger partial charge in [0.25, 0.3) is 0 Å². The van der Waals surface area contributed by atoms with Gasteiger partial charge in [-0.05, 0) is 37.5 Å². The lowest BCUT2D eigenvalue weighted by Crippen LogP contribution is -2.35. The molecule has 0 amide bonds. The molecule has 0 saturated heterocycles. The van der Waals surface area contributed by atoms with E-state index in [2.05, 4.69) is 0 Å². The molecule has 5 N–H and O–H groups in total. The minimum Gasteiger partial charge on any atom is -0.399 e. The third-order valence-corrected chi connectivity index (χ3v) is 2.62. The molecule has 0 unspecified atom stereocenters. The lowest BCUT2D eigenvalue weighted by atomic mass is 9.86. The number of hydrogen-bond donors (Lipinski definition) is 3. The van der Waals surface area contributed by atoms with Gasteiger partial charge >= 0.3 is 0 Å². The minimum atomic E-state index is -0.506. The van der Waals surface area contributed by atoms with Crippen LogP contribution in [0, 0.1) is 6.92 Å². The van der Waals surface area contributed by atoms with Crippen molar-refractivity contribution < 1.29 is 5.11 Å². The van der Waals surface area contributed by atoms with Crippen LogP contribution in [-0.4, -0.2) is 11.7 Å². The zero-order valence-corrected chi connectivity index (χ0v) is 8.75. The second kappa shape index (κ2) is 3.98. The topological polar surface area (TPSA) is 72.3 Å². The van der Waals surface area contributed by atoms with Crippen molar-refractivity contribution in [1.82, 2.24) is 0 Å². The fraction of sp³-hybridized carbons (Fsp3) is 0.455. The first kappa shape index (κ1) is 11.0. The Morgan fingerprint density at radius 3 is 2.64 bits per heavy atom. The van der Waals surface area contributed by atoms with Crippen LogP contribution in [0.2, 0.25) is 0 Å². The fourth-order valence-electron chi connectivity index (χ4n) is 1.64. The van der Waals surface area contributed by atoms with Gasteiger partial charge in [0.05, 0.1) is 0 Å². The van der Waals surface area contributed by atoms with Gasteiger partial charge in [-0.25, -0.2) is 0 Å². The van der Waals surface area contributed by atoms with Crippen molar-refractivity contribution in [2.45, 2.75) is 25.8 Å². The van der Waals surface area contributed by atoms with E-state index in [4.69, 9.17) is 16.6 Å². The summed E-state index contributed by atoms with van der Waals surface area (Å²) < 4.78 is 0. The molecule has 1 aromatic carbocycles. The first-order valence-corrected chi connectivity index (χ1v) is 4.74. The smallest absolute Gasteiger partial charge is 0.0451 e. The van der Waals surface area contributed by atoms with Crippen LogP contribution in [0.1, 0.15) is 24.5 Å². The Morgan fingerprint density at radius 2 is 2.07 bits per heavy atom. The summed E-state index contributed by atoms with van der Waals surface area (Å²) in [7, 11) is 0. The number of anilines is 1. The molecule has 3 nitrogen and oxygen atoms in total. The predicted octanol–water partition coefficient (Wildman–Crippen LogP) is 1.13. The summed E-state index contributed by atoms with van der Waals surface area (Å²) in [6.45, 7) is 3.94. The van der Waals surface area contributed by atoms with Crippen molar-refractivity contribution in [2.75, 3.05) is 12.3 Å². The zero-order chi connectivity index (χ0) is 10.8. The van der Waals surface area contributed by atoms with Crippen molar-refractivity contribution in [3.63, 3.8) is 0 Å². The number of benzene rings is 1. The fourth-order valence-corrected chi connectivity index (χ4v) is 1.64. The maximum absolute atomic E-state index is 8.91. The van der Waals surface area contributed by atoms with Crippen LogP contribution in [0.15, 0.2) is 18.2 Å². The van der Waals surface area contributed by atoms with Gasteiger partial charge in [-0.15, -0.1) is 0 Å². The van der Waals surface area contributed by atoms with Crippen molar-refractivity contribution >= 4 is 5.69 Å². The lowest BCUT2D eigenvalue weighted by Gasteiger charge is -2.26. The summed E-state index contributed by atoms with van der Waals surface area (Å²) >= 11 is 0. The summed E-state index contributed by atoms with van der Waals surface area (Å²) in [5.41, 5.74) is 14.2. The van der Waals surface area contributed by atoms with Gasteiger partial charge in [-0.2, -0.15) is 0 Å². The number of nitrogens with two attached hydrogens (primary N) is 2. The Labute approximate surface area is 84.7 Å². The van der Waals surface area contributed by atoms with Gasteiger partial charge in [0.1, 0.15) is 0 Å². The van der Waals surface area contributed by atoms with E-state index in [0.717, 1.165) is 16.8 Å². The first-order valence-electron chi connectivity index (χ1n) is 4.74. The third-order valence-electron chi connectivity index (χ3n) is 2.62. The van der Waals surface area contributed by atoms with Crippen LogP contribution in [0.5, 0.6) is 0 Å². The molecule has 1 aromatic rings. The molecule has 0 heterocycles.